The lowest BCUT2D eigenvalue weighted by atomic mass is 10.0. The number of rotatable bonds is 8. The quantitative estimate of drug-likeness (QED) is 0.426. The zero-order valence-electron chi connectivity index (χ0n) is 9.81. The summed E-state index contributed by atoms with van der Waals surface area (Å²) in [5.41, 5.74) is 10.3. The zero-order valence-corrected chi connectivity index (χ0v) is 9.81. The van der Waals surface area contributed by atoms with Gasteiger partial charge in [0.25, 0.3) is 0 Å². The number of carboxylic acids is 1. The fraction of sp³-hybridized carbons (Fsp3) is 0.700. The summed E-state index contributed by atoms with van der Waals surface area (Å²) in [6.45, 7) is 2.04. The van der Waals surface area contributed by atoms with E-state index in [1.54, 1.807) is 0 Å². The number of carbonyl (C=O) groups excluding carboxylic acids is 2. The van der Waals surface area contributed by atoms with Gasteiger partial charge in [-0.15, -0.1) is 0 Å². The molecule has 17 heavy (non-hydrogen) atoms. The second-order valence-corrected chi connectivity index (χ2v) is 3.79. The van der Waals surface area contributed by atoms with Crippen molar-refractivity contribution < 1.29 is 19.5 Å². The average Bonchev–Trinajstić information content (AvgIpc) is 2.23. The lowest BCUT2D eigenvalue weighted by Crippen LogP contribution is -2.46. The molecule has 0 fully saturated rings. The minimum Gasteiger partial charge on any atom is -0.480 e. The van der Waals surface area contributed by atoms with E-state index in [2.05, 4.69) is 5.32 Å². The lowest BCUT2D eigenvalue weighted by molar-refractivity contribution is -0.143. The molecule has 0 aliphatic heterocycles. The smallest absolute Gasteiger partial charge is 0.326 e. The number of primary amides is 1. The van der Waals surface area contributed by atoms with Crippen molar-refractivity contribution in [2.75, 3.05) is 6.54 Å². The molecule has 2 atom stereocenters. The Bertz CT molecular complexity index is 293. The normalized spacial score (nSPS) is 13.8. The molecule has 0 radical (unpaired) electrons. The number of nitrogens with one attached hydrogen (secondary N) is 1. The van der Waals surface area contributed by atoms with Gasteiger partial charge in [0.2, 0.25) is 11.8 Å². The van der Waals surface area contributed by atoms with Crippen LogP contribution in [0.3, 0.4) is 0 Å². The number of hydrogen-bond donors (Lipinski definition) is 4. The predicted octanol–water partition coefficient (Wildman–Crippen LogP) is -1.19. The number of carbonyl (C=O) groups is 3. The largest absolute Gasteiger partial charge is 0.480 e. The Morgan fingerprint density at radius 3 is 2.29 bits per heavy atom. The van der Waals surface area contributed by atoms with Crippen LogP contribution in [0.15, 0.2) is 0 Å². The predicted molar refractivity (Wildman–Crippen MR) is 60.8 cm³/mol. The van der Waals surface area contributed by atoms with Crippen LogP contribution in [0.5, 0.6) is 0 Å². The highest BCUT2D eigenvalue weighted by Crippen LogP contribution is 2.05. The first-order chi connectivity index (χ1) is 7.92. The average molecular weight is 245 g/mol. The Morgan fingerprint density at radius 2 is 1.94 bits per heavy atom. The van der Waals surface area contributed by atoms with Gasteiger partial charge in [-0.25, -0.2) is 4.79 Å². The fourth-order valence-corrected chi connectivity index (χ4v) is 1.40. The Labute approximate surface area is 99.5 Å². The van der Waals surface area contributed by atoms with Gasteiger partial charge in [-0.1, -0.05) is 13.3 Å². The molecule has 0 spiro atoms. The standard InChI is InChI=1S/C10H19N3O4/c1-2-3-6(5-11)9(15)13-7(10(16)17)4-8(12)14/h6-7H,2-5,11H2,1H3,(H2,12,14)(H,13,15)(H,16,17)/t6?,7-/m1/s1. The van der Waals surface area contributed by atoms with Gasteiger partial charge < -0.3 is 21.9 Å². The van der Waals surface area contributed by atoms with Crippen molar-refractivity contribution in [2.45, 2.75) is 32.2 Å². The topological polar surface area (TPSA) is 136 Å². The molecule has 0 rings (SSSR count). The summed E-state index contributed by atoms with van der Waals surface area (Å²) in [5, 5.41) is 11.1. The Balaban J connectivity index is 4.47. The van der Waals surface area contributed by atoms with E-state index in [9.17, 15) is 14.4 Å². The van der Waals surface area contributed by atoms with Gasteiger partial charge in [0.1, 0.15) is 6.04 Å². The van der Waals surface area contributed by atoms with Crippen molar-refractivity contribution in [3.63, 3.8) is 0 Å². The number of hydrogen-bond acceptors (Lipinski definition) is 4. The zero-order chi connectivity index (χ0) is 13.4. The first-order valence-corrected chi connectivity index (χ1v) is 5.43. The fourth-order valence-electron chi connectivity index (χ4n) is 1.40. The number of nitrogens with two attached hydrogens (primary N) is 2. The van der Waals surface area contributed by atoms with Gasteiger partial charge >= 0.3 is 5.97 Å². The second-order valence-electron chi connectivity index (χ2n) is 3.79. The highest BCUT2D eigenvalue weighted by Gasteiger charge is 2.25. The van der Waals surface area contributed by atoms with Crippen LogP contribution in [0.4, 0.5) is 0 Å². The van der Waals surface area contributed by atoms with Crippen molar-refractivity contribution in [3.05, 3.63) is 0 Å². The van der Waals surface area contributed by atoms with Crippen LogP contribution in [0, 0.1) is 5.92 Å². The first kappa shape index (κ1) is 15.4. The third-order valence-corrected chi connectivity index (χ3v) is 2.31. The first-order valence-electron chi connectivity index (χ1n) is 5.43. The molecule has 0 saturated heterocycles. The molecule has 0 bridgehead atoms. The molecule has 1 unspecified atom stereocenters. The van der Waals surface area contributed by atoms with Gasteiger partial charge in [-0.05, 0) is 6.42 Å². The summed E-state index contributed by atoms with van der Waals surface area (Å²) in [7, 11) is 0. The molecule has 6 N–H and O–H groups in total. The molecule has 7 nitrogen and oxygen atoms in total. The summed E-state index contributed by atoms with van der Waals surface area (Å²) in [6.07, 6.45) is 0.915. The highest BCUT2D eigenvalue weighted by molar-refractivity contribution is 5.88. The van der Waals surface area contributed by atoms with E-state index in [0.29, 0.717) is 6.42 Å². The van der Waals surface area contributed by atoms with Crippen LogP contribution in [-0.2, 0) is 14.4 Å². The summed E-state index contributed by atoms with van der Waals surface area (Å²) < 4.78 is 0. The Hall–Kier alpha value is -1.63. The van der Waals surface area contributed by atoms with Crippen LogP contribution in [-0.4, -0.2) is 35.5 Å². The molecular weight excluding hydrogens is 226 g/mol. The molecule has 0 saturated carbocycles. The molecule has 0 heterocycles. The van der Waals surface area contributed by atoms with E-state index in [1.165, 1.54) is 0 Å². The van der Waals surface area contributed by atoms with Gasteiger partial charge in [0.05, 0.1) is 12.3 Å². The van der Waals surface area contributed by atoms with Crippen molar-refractivity contribution in [3.8, 4) is 0 Å². The number of amides is 2. The van der Waals surface area contributed by atoms with Crippen LogP contribution >= 0.6 is 0 Å². The summed E-state index contributed by atoms with van der Waals surface area (Å²) in [4.78, 5) is 33.1. The molecule has 0 aliphatic rings. The molecule has 7 heteroatoms. The highest BCUT2D eigenvalue weighted by atomic mass is 16.4. The van der Waals surface area contributed by atoms with Crippen molar-refractivity contribution in [1.82, 2.24) is 5.32 Å². The molecule has 0 aromatic rings. The summed E-state index contributed by atoms with van der Waals surface area (Å²) >= 11 is 0. The van der Waals surface area contributed by atoms with Gasteiger partial charge in [0, 0.05) is 6.54 Å². The van der Waals surface area contributed by atoms with Crippen LogP contribution in [0.2, 0.25) is 0 Å². The van der Waals surface area contributed by atoms with E-state index in [0.717, 1.165) is 6.42 Å². The lowest BCUT2D eigenvalue weighted by Gasteiger charge is -2.18. The van der Waals surface area contributed by atoms with Gasteiger partial charge in [0.15, 0.2) is 0 Å². The van der Waals surface area contributed by atoms with Crippen LogP contribution in [0.25, 0.3) is 0 Å². The maximum absolute atomic E-state index is 11.7. The number of carboxylic acid groups (broad SMARTS) is 1. The molecule has 0 aromatic heterocycles. The van der Waals surface area contributed by atoms with Crippen molar-refractivity contribution in [1.29, 1.82) is 0 Å². The summed E-state index contributed by atoms with van der Waals surface area (Å²) in [5.74, 6) is -2.96. The molecule has 0 aromatic carbocycles. The number of aliphatic carboxylic acids is 1. The van der Waals surface area contributed by atoms with Gasteiger partial charge in [-0.2, -0.15) is 0 Å². The second kappa shape index (κ2) is 7.61. The molecule has 98 valence electrons. The molecule has 0 aliphatic carbocycles. The Kier molecular flexibility index (Phi) is 6.88. The molecular formula is C10H19N3O4. The monoisotopic (exact) mass is 245 g/mol. The maximum atomic E-state index is 11.7. The van der Waals surface area contributed by atoms with E-state index in [1.807, 2.05) is 6.92 Å². The van der Waals surface area contributed by atoms with E-state index >= 15 is 0 Å². The van der Waals surface area contributed by atoms with Crippen molar-refractivity contribution in [2.24, 2.45) is 17.4 Å². The van der Waals surface area contributed by atoms with E-state index in [-0.39, 0.29) is 6.54 Å². The Morgan fingerprint density at radius 1 is 1.35 bits per heavy atom. The van der Waals surface area contributed by atoms with Crippen molar-refractivity contribution >= 4 is 17.8 Å². The van der Waals surface area contributed by atoms with Crippen LogP contribution in [0.1, 0.15) is 26.2 Å². The third kappa shape index (κ3) is 5.86. The minimum absolute atomic E-state index is 0.141. The summed E-state index contributed by atoms with van der Waals surface area (Å²) in [6, 6.07) is -1.29. The molecule has 2 amide bonds. The van der Waals surface area contributed by atoms with Crippen LogP contribution < -0.4 is 16.8 Å². The third-order valence-electron chi connectivity index (χ3n) is 2.31. The van der Waals surface area contributed by atoms with E-state index in [4.69, 9.17) is 16.6 Å². The van der Waals surface area contributed by atoms with E-state index < -0.39 is 36.2 Å². The minimum atomic E-state index is -1.29. The maximum Gasteiger partial charge on any atom is 0.326 e. The SMILES string of the molecule is CCCC(CN)C(=O)N[C@H](CC(N)=O)C(=O)O. The van der Waals surface area contributed by atoms with Gasteiger partial charge in [-0.3, -0.25) is 9.59 Å².